The third kappa shape index (κ3) is 3.14. The minimum atomic E-state index is -0.105. The van der Waals surface area contributed by atoms with Crippen molar-refractivity contribution in [1.82, 2.24) is 10.3 Å². The Morgan fingerprint density at radius 3 is 2.71 bits per heavy atom. The monoisotopic (exact) mass is 301 g/mol. The van der Waals surface area contributed by atoms with Crippen molar-refractivity contribution in [3.63, 3.8) is 0 Å². The van der Waals surface area contributed by atoms with Crippen molar-refractivity contribution in [2.75, 3.05) is 0 Å². The van der Waals surface area contributed by atoms with Crippen molar-refractivity contribution in [3.8, 4) is 0 Å². The molecule has 1 atom stereocenters. The fourth-order valence-corrected chi connectivity index (χ4v) is 3.29. The molecule has 1 amide bonds. The zero-order valence-electron chi connectivity index (χ0n) is 11.8. The third-order valence-electron chi connectivity index (χ3n) is 4.03. The number of aromatic nitrogens is 1. The Bertz CT molecular complexity index is 607. The van der Waals surface area contributed by atoms with Crippen LogP contribution in [0.3, 0.4) is 0 Å². The number of carbonyl (C=O) groups excluding carboxylic acids is 1. The lowest BCUT2D eigenvalue weighted by atomic mass is 9.77. The Hall–Kier alpha value is -1.72. The highest BCUT2D eigenvalue weighted by atomic mass is 32.1. The summed E-state index contributed by atoms with van der Waals surface area (Å²) in [5.41, 5.74) is 7.19. The molecule has 4 nitrogen and oxygen atoms in total. The van der Waals surface area contributed by atoms with Crippen molar-refractivity contribution in [1.29, 1.82) is 0 Å². The largest absolute Gasteiger partial charge is 0.344 e. The quantitative estimate of drug-likeness (QED) is 0.892. The minimum absolute atomic E-state index is 0.0791. The molecular weight excluding hydrogens is 282 g/mol. The van der Waals surface area contributed by atoms with E-state index in [9.17, 15) is 4.79 Å². The van der Waals surface area contributed by atoms with Crippen LogP contribution in [0.5, 0.6) is 0 Å². The molecule has 0 bridgehead atoms. The average molecular weight is 301 g/mol. The van der Waals surface area contributed by atoms with Crippen LogP contribution in [0.1, 0.15) is 46.4 Å². The zero-order valence-corrected chi connectivity index (χ0v) is 12.6. The van der Waals surface area contributed by atoms with Crippen LogP contribution in [0.25, 0.3) is 0 Å². The molecule has 1 unspecified atom stereocenters. The second kappa shape index (κ2) is 6.37. The second-order valence-electron chi connectivity index (χ2n) is 5.38. The van der Waals surface area contributed by atoms with E-state index in [1.54, 1.807) is 5.38 Å². The van der Waals surface area contributed by atoms with E-state index in [2.05, 4.69) is 22.4 Å². The van der Waals surface area contributed by atoms with Crippen LogP contribution in [-0.4, -0.2) is 10.9 Å². The van der Waals surface area contributed by atoms with Gasteiger partial charge in [0.2, 0.25) is 0 Å². The van der Waals surface area contributed by atoms with Crippen LogP contribution >= 0.6 is 11.3 Å². The Labute approximate surface area is 128 Å². The Morgan fingerprint density at radius 1 is 1.38 bits per heavy atom. The first-order valence-corrected chi connectivity index (χ1v) is 8.16. The van der Waals surface area contributed by atoms with E-state index in [1.165, 1.54) is 36.2 Å². The first kappa shape index (κ1) is 14.2. The van der Waals surface area contributed by atoms with Gasteiger partial charge in [0.25, 0.3) is 5.91 Å². The van der Waals surface area contributed by atoms with Crippen LogP contribution in [0.15, 0.2) is 35.7 Å². The fourth-order valence-electron chi connectivity index (χ4n) is 2.63. The lowest BCUT2D eigenvalue weighted by Gasteiger charge is -2.34. The number of nitrogens with two attached hydrogens (primary N) is 1. The van der Waals surface area contributed by atoms with Crippen LogP contribution < -0.4 is 11.1 Å². The van der Waals surface area contributed by atoms with Gasteiger partial charge in [0.05, 0.1) is 6.04 Å². The molecule has 5 heteroatoms. The van der Waals surface area contributed by atoms with Crippen LogP contribution in [0.2, 0.25) is 0 Å². The van der Waals surface area contributed by atoms with E-state index in [4.69, 9.17) is 5.73 Å². The molecule has 2 aromatic rings. The molecule has 0 saturated heterocycles. The van der Waals surface area contributed by atoms with Gasteiger partial charge >= 0.3 is 0 Å². The van der Waals surface area contributed by atoms with Crippen molar-refractivity contribution < 1.29 is 4.79 Å². The number of nitrogens with one attached hydrogen (secondary N) is 1. The minimum Gasteiger partial charge on any atom is -0.344 e. The normalized spacial score (nSPS) is 16.2. The standard InChI is InChI=1S/C16H19N3OS/c17-9-14-18-13(10-21-14)16(20)19-15(12-7-4-8-12)11-5-2-1-3-6-11/h1-3,5-6,10,12,15H,4,7-9,17H2,(H,19,20). The van der Waals surface area contributed by atoms with Crippen molar-refractivity contribution in [2.24, 2.45) is 11.7 Å². The molecule has 1 aromatic carbocycles. The highest BCUT2D eigenvalue weighted by molar-refractivity contribution is 7.09. The third-order valence-corrected chi connectivity index (χ3v) is 4.90. The highest BCUT2D eigenvalue weighted by Crippen LogP contribution is 2.37. The average Bonchev–Trinajstić information content (AvgIpc) is 2.94. The van der Waals surface area contributed by atoms with Gasteiger partial charge in [-0.3, -0.25) is 4.79 Å². The van der Waals surface area contributed by atoms with Gasteiger partial charge in [0.15, 0.2) is 0 Å². The van der Waals surface area contributed by atoms with Crippen molar-refractivity contribution in [3.05, 3.63) is 52.0 Å². The zero-order chi connectivity index (χ0) is 14.7. The predicted molar refractivity (Wildman–Crippen MR) is 84.0 cm³/mol. The molecule has 3 rings (SSSR count). The summed E-state index contributed by atoms with van der Waals surface area (Å²) < 4.78 is 0. The Morgan fingerprint density at radius 2 is 2.14 bits per heavy atom. The molecule has 0 spiro atoms. The first-order valence-electron chi connectivity index (χ1n) is 7.28. The molecule has 3 N–H and O–H groups in total. The van der Waals surface area contributed by atoms with E-state index < -0.39 is 0 Å². The van der Waals surface area contributed by atoms with Gasteiger partial charge in [-0.2, -0.15) is 0 Å². The summed E-state index contributed by atoms with van der Waals surface area (Å²) in [4.78, 5) is 16.7. The summed E-state index contributed by atoms with van der Waals surface area (Å²) in [6.07, 6.45) is 3.59. The predicted octanol–water partition coefficient (Wildman–Crippen LogP) is 2.87. The summed E-state index contributed by atoms with van der Waals surface area (Å²) in [6, 6.07) is 10.3. The molecule has 1 aromatic heterocycles. The second-order valence-corrected chi connectivity index (χ2v) is 6.33. The summed E-state index contributed by atoms with van der Waals surface area (Å²) >= 11 is 1.43. The summed E-state index contributed by atoms with van der Waals surface area (Å²) in [7, 11) is 0. The first-order chi connectivity index (χ1) is 10.3. The number of hydrogen-bond acceptors (Lipinski definition) is 4. The Balaban J connectivity index is 1.76. The number of carbonyl (C=O) groups is 1. The maximum Gasteiger partial charge on any atom is 0.271 e. The van der Waals surface area contributed by atoms with E-state index >= 15 is 0 Å². The lowest BCUT2D eigenvalue weighted by molar-refractivity contribution is 0.0896. The van der Waals surface area contributed by atoms with Crippen LogP contribution in [-0.2, 0) is 6.54 Å². The van der Waals surface area contributed by atoms with E-state index in [0.717, 1.165) is 5.01 Å². The maximum atomic E-state index is 12.4. The number of rotatable bonds is 5. The van der Waals surface area contributed by atoms with Crippen LogP contribution in [0, 0.1) is 5.92 Å². The summed E-state index contributed by atoms with van der Waals surface area (Å²) in [5.74, 6) is 0.427. The van der Waals surface area contributed by atoms with Gasteiger partial charge in [-0.15, -0.1) is 11.3 Å². The lowest BCUT2D eigenvalue weighted by Crippen LogP contribution is -2.36. The van der Waals surface area contributed by atoms with Gasteiger partial charge in [-0.1, -0.05) is 36.8 Å². The van der Waals surface area contributed by atoms with E-state index in [-0.39, 0.29) is 11.9 Å². The number of nitrogens with zero attached hydrogens (tertiary/aromatic N) is 1. The molecule has 21 heavy (non-hydrogen) atoms. The van der Waals surface area contributed by atoms with Gasteiger partial charge in [0.1, 0.15) is 10.7 Å². The Kier molecular flexibility index (Phi) is 4.31. The number of amides is 1. The smallest absolute Gasteiger partial charge is 0.271 e. The molecule has 1 fully saturated rings. The SMILES string of the molecule is NCc1nc(C(=O)NC(c2ccccc2)C2CCC2)cs1. The van der Waals surface area contributed by atoms with E-state index in [0.29, 0.717) is 18.2 Å². The summed E-state index contributed by atoms with van der Waals surface area (Å²) in [6.45, 7) is 0.378. The molecule has 0 radical (unpaired) electrons. The highest BCUT2D eigenvalue weighted by Gasteiger charge is 2.30. The number of benzene rings is 1. The molecule has 1 aliphatic rings. The van der Waals surface area contributed by atoms with Gasteiger partial charge in [0, 0.05) is 11.9 Å². The molecule has 1 heterocycles. The maximum absolute atomic E-state index is 12.4. The molecule has 0 aliphatic heterocycles. The molecule has 1 saturated carbocycles. The number of hydrogen-bond donors (Lipinski definition) is 2. The van der Waals surface area contributed by atoms with E-state index in [1.807, 2.05) is 18.2 Å². The van der Waals surface area contributed by atoms with Gasteiger partial charge in [-0.25, -0.2) is 4.98 Å². The topological polar surface area (TPSA) is 68.0 Å². The van der Waals surface area contributed by atoms with Gasteiger partial charge in [-0.05, 0) is 24.3 Å². The molecule has 110 valence electrons. The fraction of sp³-hybridized carbons (Fsp3) is 0.375. The molecule has 1 aliphatic carbocycles. The van der Waals surface area contributed by atoms with Crippen molar-refractivity contribution >= 4 is 17.2 Å². The van der Waals surface area contributed by atoms with Gasteiger partial charge < -0.3 is 11.1 Å². The van der Waals surface area contributed by atoms with Crippen LogP contribution in [0.4, 0.5) is 0 Å². The van der Waals surface area contributed by atoms with Crippen molar-refractivity contribution in [2.45, 2.75) is 31.8 Å². The summed E-state index contributed by atoms with van der Waals surface area (Å²) in [5, 5.41) is 5.72. The number of thiazole rings is 1. The molecular formula is C16H19N3OS.